The monoisotopic (exact) mass is 361 g/mol. The number of nitrogens with zero attached hydrogens (tertiary/aromatic N) is 3. The number of alkyl halides is 1. The fraction of sp³-hybridized carbons (Fsp3) is 0.222. The van der Waals surface area contributed by atoms with Gasteiger partial charge in [-0.2, -0.15) is 5.10 Å². The Morgan fingerprint density at radius 3 is 2.81 bits per heavy atom. The van der Waals surface area contributed by atoms with Gasteiger partial charge in [-0.1, -0.05) is 0 Å². The van der Waals surface area contributed by atoms with E-state index in [4.69, 9.17) is 0 Å². The molecule has 0 amide bonds. The summed E-state index contributed by atoms with van der Waals surface area (Å²) in [5.41, 5.74) is 0.957. The molecule has 1 aliphatic rings. The predicted molar refractivity (Wildman–Crippen MR) is 88.1 cm³/mol. The SMILES string of the molecule is O=C(O)c1cnn2ccc(N3C[C@@H](F)C[C@@H]3c3cc(F)ccc3F)cc12. The van der Waals surface area contributed by atoms with E-state index in [9.17, 15) is 23.1 Å². The molecule has 2 atom stereocenters. The van der Waals surface area contributed by atoms with Gasteiger partial charge in [-0.05, 0) is 30.3 Å². The van der Waals surface area contributed by atoms with E-state index in [2.05, 4.69) is 5.10 Å². The number of carboxylic acids is 1. The van der Waals surface area contributed by atoms with Crippen LogP contribution < -0.4 is 4.90 Å². The summed E-state index contributed by atoms with van der Waals surface area (Å²) in [5.74, 6) is -2.33. The Balaban J connectivity index is 1.80. The number of benzene rings is 1. The van der Waals surface area contributed by atoms with Crippen molar-refractivity contribution in [2.24, 2.45) is 0 Å². The average molecular weight is 361 g/mol. The van der Waals surface area contributed by atoms with Crippen LogP contribution in [-0.2, 0) is 0 Å². The highest BCUT2D eigenvalue weighted by Crippen LogP contribution is 2.39. The minimum absolute atomic E-state index is 0.00728. The van der Waals surface area contributed by atoms with E-state index in [0.29, 0.717) is 11.2 Å². The molecule has 0 aliphatic carbocycles. The number of hydrogen-bond donors (Lipinski definition) is 1. The highest BCUT2D eigenvalue weighted by molar-refractivity contribution is 5.95. The fourth-order valence-electron chi connectivity index (χ4n) is 3.45. The van der Waals surface area contributed by atoms with Gasteiger partial charge in [-0.15, -0.1) is 0 Å². The van der Waals surface area contributed by atoms with Crippen LogP contribution in [-0.4, -0.2) is 33.4 Å². The highest BCUT2D eigenvalue weighted by Gasteiger charge is 2.35. The molecule has 0 saturated carbocycles. The van der Waals surface area contributed by atoms with Gasteiger partial charge in [-0.25, -0.2) is 22.5 Å². The summed E-state index contributed by atoms with van der Waals surface area (Å²) in [6.07, 6.45) is 1.61. The smallest absolute Gasteiger partial charge is 0.339 e. The highest BCUT2D eigenvalue weighted by atomic mass is 19.1. The van der Waals surface area contributed by atoms with Crippen LogP contribution in [0.3, 0.4) is 0 Å². The van der Waals surface area contributed by atoms with Gasteiger partial charge < -0.3 is 10.0 Å². The van der Waals surface area contributed by atoms with Gasteiger partial charge >= 0.3 is 5.97 Å². The molecule has 0 bridgehead atoms. The van der Waals surface area contributed by atoms with Crippen molar-refractivity contribution in [3.8, 4) is 0 Å². The Morgan fingerprint density at radius 2 is 2.04 bits per heavy atom. The zero-order valence-corrected chi connectivity index (χ0v) is 13.4. The molecule has 1 aromatic carbocycles. The third kappa shape index (κ3) is 2.67. The van der Waals surface area contributed by atoms with Gasteiger partial charge in [0.1, 0.15) is 23.4 Å². The average Bonchev–Trinajstić information content (AvgIpc) is 3.19. The minimum Gasteiger partial charge on any atom is -0.478 e. The van der Waals surface area contributed by atoms with E-state index in [1.54, 1.807) is 23.2 Å². The van der Waals surface area contributed by atoms with Crippen LogP contribution in [0, 0.1) is 11.6 Å². The van der Waals surface area contributed by atoms with E-state index in [1.165, 1.54) is 10.7 Å². The van der Waals surface area contributed by atoms with Gasteiger partial charge in [0.2, 0.25) is 0 Å². The Morgan fingerprint density at radius 1 is 1.23 bits per heavy atom. The number of rotatable bonds is 3. The van der Waals surface area contributed by atoms with Crippen LogP contribution in [0.15, 0.2) is 42.7 Å². The van der Waals surface area contributed by atoms with Crippen molar-refractivity contribution in [3.05, 3.63) is 65.5 Å². The molecule has 2 aromatic heterocycles. The number of carboxylic acid groups (broad SMARTS) is 1. The quantitative estimate of drug-likeness (QED) is 0.774. The maximum atomic E-state index is 14.2. The number of pyridine rings is 1. The van der Waals surface area contributed by atoms with Crippen LogP contribution in [0.4, 0.5) is 18.9 Å². The molecule has 3 heterocycles. The number of fused-ring (bicyclic) bond motifs is 1. The van der Waals surface area contributed by atoms with Crippen LogP contribution >= 0.6 is 0 Å². The number of halogens is 3. The first-order chi connectivity index (χ1) is 12.4. The van der Waals surface area contributed by atoms with E-state index < -0.39 is 29.8 Å². The van der Waals surface area contributed by atoms with Crippen molar-refractivity contribution in [2.45, 2.75) is 18.6 Å². The molecule has 1 aliphatic heterocycles. The molecule has 1 N–H and O–H groups in total. The second-order valence-electron chi connectivity index (χ2n) is 6.25. The lowest BCUT2D eigenvalue weighted by Crippen LogP contribution is -2.24. The van der Waals surface area contributed by atoms with E-state index in [-0.39, 0.29) is 24.1 Å². The van der Waals surface area contributed by atoms with Crippen molar-refractivity contribution >= 4 is 17.2 Å². The summed E-state index contributed by atoms with van der Waals surface area (Å²) >= 11 is 0. The summed E-state index contributed by atoms with van der Waals surface area (Å²) < 4.78 is 43.3. The van der Waals surface area contributed by atoms with Gasteiger partial charge in [-0.3, -0.25) is 0 Å². The van der Waals surface area contributed by atoms with Crippen molar-refractivity contribution in [1.29, 1.82) is 0 Å². The summed E-state index contributed by atoms with van der Waals surface area (Å²) in [4.78, 5) is 12.9. The third-order valence-corrected chi connectivity index (χ3v) is 4.63. The summed E-state index contributed by atoms with van der Waals surface area (Å²) in [6.45, 7) is 0.00728. The summed E-state index contributed by atoms with van der Waals surface area (Å²) in [5, 5.41) is 13.2. The lowest BCUT2D eigenvalue weighted by Gasteiger charge is -2.27. The topological polar surface area (TPSA) is 57.8 Å². The van der Waals surface area contributed by atoms with Crippen molar-refractivity contribution in [1.82, 2.24) is 9.61 Å². The molecular weight excluding hydrogens is 347 g/mol. The molecule has 0 radical (unpaired) electrons. The summed E-state index contributed by atoms with van der Waals surface area (Å²) in [6, 6.07) is 5.65. The van der Waals surface area contributed by atoms with Gasteiger partial charge in [0.05, 0.1) is 17.8 Å². The molecule has 0 unspecified atom stereocenters. The second-order valence-corrected chi connectivity index (χ2v) is 6.25. The molecule has 5 nitrogen and oxygen atoms in total. The molecule has 1 saturated heterocycles. The molecule has 134 valence electrons. The number of carbonyl (C=O) groups is 1. The number of aromatic carboxylic acids is 1. The van der Waals surface area contributed by atoms with Gasteiger partial charge in [0.25, 0.3) is 0 Å². The van der Waals surface area contributed by atoms with Crippen molar-refractivity contribution in [3.63, 3.8) is 0 Å². The van der Waals surface area contributed by atoms with Crippen LogP contribution in [0.5, 0.6) is 0 Å². The van der Waals surface area contributed by atoms with E-state index in [1.807, 2.05) is 0 Å². The molecule has 1 fully saturated rings. The zero-order chi connectivity index (χ0) is 18.4. The molecule has 8 heteroatoms. The fourth-order valence-corrected chi connectivity index (χ4v) is 3.45. The Labute approximate surface area is 146 Å². The maximum absolute atomic E-state index is 14.2. The number of hydrogen-bond acceptors (Lipinski definition) is 3. The lowest BCUT2D eigenvalue weighted by molar-refractivity contribution is 0.0699. The first kappa shape index (κ1) is 16.4. The Kier molecular flexibility index (Phi) is 3.82. The minimum atomic E-state index is -1.21. The van der Waals surface area contributed by atoms with Crippen LogP contribution in [0.25, 0.3) is 5.52 Å². The van der Waals surface area contributed by atoms with Crippen molar-refractivity contribution < 1.29 is 23.1 Å². The normalized spacial score (nSPS) is 20.0. The maximum Gasteiger partial charge on any atom is 0.339 e. The molecule has 3 aromatic rings. The van der Waals surface area contributed by atoms with E-state index in [0.717, 1.165) is 18.2 Å². The van der Waals surface area contributed by atoms with Crippen LogP contribution in [0.2, 0.25) is 0 Å². The lowest BCUT2D eigenvalue weighted by atomic mass is 10.0. The predicted octanol–water partition coefficient (Wildman–Crippen LogP) is 3.60. The Bertz CT molecular complexity index is 1000. The second kappa shape index (κ2) is 6.05. The Hall–Kier alpha value is -3.03. The zero-order valence-electron chi connectivity index (χ0n) is 13.4. The van der Waals surface area contributed by atoms with Gasteiger partial charge in [0.15, 0.2) is 0 Å². The first-order valence-corrected chi connectivity index (χ1v) is 8.00. The van der Waals surface area contributed by atoms with Crippen molar-refractivity contribution in [2.75, 3.05) is 11.4 Å². The first-order valence-electron chi connectivity index (χ1n) is 8.00. The van der Waals surface area contributed by atoms with Gasteiger partial charge in [0, 0.05) is 30.4 Å². The largest absolute Gasteiger partial charge is 0.478 e. The molecule has 26 heavy (non-hydrogen) atoms. The van der Waals surface area contributed by atoms with Crippen LogP contribution in [0.1, 0.15) is 28.4 Å². The number of anilines is 1. The third-order valence-electron chi connectivity index (χ3n) is 4.63. The molecular formula is C18H14F3N3O2. The standard InChI is InChI=1S/C18H14F3N3O2/c19-10-1-2-15(21)13(5-10)16-6-11(20)9-23(16)12-3-4-24-17(7-12)14(8-22-24)18(25)26/h1-5,7-8,11,16H,6,9H2,(H,25,26)/t11-,16+/m0/s1. The molecule has 4 rings (SSSR count). The number of aromatic nitrogens is 2. The molecule has 0 spiro atoms. The van der Waals surface area contributed by atoms with E-state index >= 15 is 0 Å². The summed E-state index contributed by atoms with van der Waals surface area (Å²) in [7, 11) is 0.